The van der Waals surface area contributed by atoms with Gasteiger partial charge in [0, 0.05) is 12.7 Å². The van der Waals surface area contributed by atoms with Gasteiger partial charge in [-0.1, -0.05) is 23.7 Å². The van der Waals surface area contributed by atoms with Gasteiger partial charge in [-0.3, -0.25) is 0 Å². The molecule has 0 aliphatic heterocycles. The average molecular weight is 353 g/mol. The molecule has 0 bridgehead atoms. The van der Waals surface area contributed by atoms with Crippen LogP contribution in [-0.4, -0.2) is 21.5 Å². The van der Waals surface area contributed by atoms with Gasteiger partial charge in [-0.25, -0.2) is 15.0 Å². The van der Waals surface area contributed by atoms with Crippen LogP contribution in [0.25, 0.3) is 11.0 Å². The summed E-state index contributed by atoms with van der Waals surface area (Å²) in [5, 5.41) is 4.30. The highest BCUT2D eigenvalue weighted by atomic mass is 35.5. The molecule has 4 nitrogen and oxygen atoms in total. The van der Waals surface area contributed by atoms with Crippen molar-refractivity contribution in [3.05, 3.63) is 59.0 Å². The molecule has 0 amide bonds. The highest BCUT2D eigenvalue weighted by molar-refractivity contribution is 6.31. The molecule has 24 heavy (non-hydrogen) atoms. The Kier molecular flexibility index (Phi) is 4.53. The maximum absolute atomic E-state index is 12.5. The van der Waals surface area contributed by atoms with E-state index < -0.39 is 11.7 Å². The lowest BCUT2D eigenvalue weighted by Crippen LogP contribution is -2.08. The third-order valence-electron chi connectivity index (χ3n) is 3.44. The molecule has 0 spiro atoms. The van der Waals surface area contributed by atoms with Crippen LogP contribution in [0.4, 0.5) is 19.0 Å². The summed E-state index contributed by atoms with van der Waals surface area (Å²) in [5.74, 6) is 0.585. The molecule has 8 heteroatoms. The summed E-state index contributed by atoms with van der Waals surface area (Å²) >= 11 is 5.93. The van der Waals surface area contributed by atoms with E-state index in [2.05, 4.69) is 20.3 Å². The number of alkyl halides is 3. The van der Waals surface area contributed by atoms with Crippen molar-refractivity contribution in [3.8, 4) is 0 Å². The molecule has 0 unspecified atom stereocenters. The van der Waals surface area contributed by atoms with Crippen molar-refractivity contribution in [3.63, 3.8) is 0 Å². The summed E-state index contributed by atoms with van der Waals surface area (Å²) in [4.78, 5) is 12.3. The van der Waals surface area contributed by atoms with Gasteiger partial charge in [0.05, 0.1) is 16.0 Å². The Bertz CT molecular complexity index is 850. The smallest absolute Gasteiger partial charge is 0.369 e. The van der Waals surface area contributed by atoms with Crippen LogP contribution in [0, 0.1) is 0 Å². The zero-order chi connectivity index (χ0) is 17.2. The maximum Gasteiger partial charge on any atom is 0.416 e. The lowest BCUT2D eigenvalue weighted by Gasteiger charge is -2.09. The molecule has 124 valence electrons. The molecule has 0 saturated heterocycles. The third-order valence-corrected chi connectivity index (χ3v) is 3.65. The minimum Gasteiger partial charge on any atom is -0.369 e. The maximum atomic E-state index is 12.5. The number of pyridine rings is 1. The quantitative estimate of drug-likeness (QED) is 0.758. The number of aromatic nitrogens is 3. The van der Waals surface area contributed by atoms with Gasteiger partial charge < -0.3 is 5.32 Å². The van der Waals surface area contributed by atoms with Crippen molar-refractivity contribution in [1.82, 2.24) is 15.0 Å². The molecule has 0 aliphatic rings. The fraction of sp³-hybridized carbons (Fsp3) is 0.188. The molecule has 2 aromatic heterocycles. The first-order chi connectivity index (χ1) is 11.4. The van der Waals surface area contributed by atoms with Gasteiger partial charge in [0.2, 0.25) is 0 Å². The van der Waals surface area contributed by atoms with E-state index in [-0.39, 0.29) is 0 Å². The number of rotatable bonds is 4. The van der Waals surface area contributed by atoms with Crippen LogP contribution >= 0.6 is 11.6 Å². The predicted octanol–water partition coefficient (Wildman–Crippen LogP) is 4.35. The number of benzene rings is 1. The first kappa shape index (κ1) is 16.4. The largest absolute Gasteiger partial charge is 0.416 e. The summed E-state index contributed by atoms with van der Waals surface area (Å²) < 4.78 is 37.6. The minimum absolute atomic E-state index is 0.475. The van der Waals surface area contributed by atoms with Crippen LogP contribution in [0.3, 0.4) is 0 Å². The highest BCUT2D eigenvalue weighted by Crippen LogP contribution is 2.29. The highest BCUT2D eigenvalue weighted by Gasteiger charge is 2.29. The van der Waals surface area contributed by atoms with Crippen LogP contribution in [0.2, 0.25) is 5.02 Å². The Morgan fingerprint density at radius 2 is 1.79 bits per heavy atom. The van der Waals surface area contributed by atoms with Crippen molar-refractivity contribution < 1.29 is 13.2 Å². The number of nitrogens with zero attached hydrogens (tertiary/aromatic N) is 3. The molecule has 3 rings (SSSR count). The van der Waals surface area contributed by atoms with Crippen LogP contribution in [-0.2, 0) is 12.6 Å². The summed E-state index contributed by atoms with van der Waals surface area (Å²) in [6, 6.07) is 6.82. The van der Waals surface area contributed by atoms with Crippen molar-refractivity contribution in [2.24, 2.45) is 0 Å². The normalized spacial score (nSPS) is 11.7. The number of anilines is 1. The Morgan fingerprint density at radius 3 is 2.50 bits per heavy atom. The molecule has 3 aromatic rings. The van der Waals surface area contributed by atoms with Crippen LogP contribution in [0.1, 0.15) is 11.1 Å². The second-order valence-corrected chi connectivity index (χ2v) is 5.55. The van der Waals surface area contributed by atoms with Crippen LogP contribution < -0.4 is 5.32 Å². The van der Waals surface area contributed by atoms with E-state index in [9.17, 15) is 13.2 Å². The Morgan fingerprint density at radius 1 is 1.04 bits per heavy atom. The number of nitrogens with one attached hydrogen (secondary N) is 1. The van der Waals surface area contributed by atoms with E-state index in [1.54, 1.807) is 6.07 Å². The first-order valence-corrected chi connectivity index (χ1v) is 7.47. The van der Waals surface area contributed by atoms with E-state index in [0.717, 1.165) is 17.7 Å². The Hall–Kier alpha value is -2.41. The average Bonchev–Trinajstić information content (AvgIpc) is 2.55. The molecule has 1 aromatic carbocycles. The van der Waals surface area contributed by atoms with Gasteiger partial charge in [-0.05, 0) is 30.2 Å². The van der Waals surface area contributed by atoms with Gasteiger partial charge in [0.1, 0.15) is 12.1 Å². The topological polar surface area (TPSA) is 50.7 Å². The zero-order valence-electron chi connectivity index (χ0n) is 12.3. The standard InChI is InChI=1S/C16H12ClF3N4/c17-12-7-13-14(23-9-24-15(13)22-8-12)21-6-5-10-1-3-11(4-2-10)16(18,19)20/h1-4,7-9H,5-6H2,(H,21,22,23,24). The number of halogens is 4. The fourth-order valence-corrected chi connectivity index (χ4v) is 2.40. The van der Waals surface area contributed by atoms with Gasteiger partial charge in [0.15, 0.2) is 5.65 Å². The van der Waals surface area contributed by atoms with E-state index >= 15 is 0 Å². The number of hydrogen-bond donors (Lipinski definition) is 1. The van der Waals surface area contributed by atoms with Gasteiger partial charge in [-0.2, -0.15) is 13.2 Å². The second-order valence-electron chi connectivity index (χ2n) is 5.12. The molecule has 0 radical (unpaired) electrons. The molecular formula is C16H12ClF3N4. The molecule has 1 N–H and O–H groups in total. The Balaban J connectivity index is 1.68. The third kappa shape index (κ3) is 3.73. The minimum atomic E-state index is -4.32. The molecule has 0 saturated carbocycles. The SMILES string of the molecule is FC(F)(F)c1ccc(CCNc2ncnc3ncc(Cl)cc23)cc1. The van der Waals surface area contributed by atoms with E-state index in [4.69, 9.17) is 11.6 Å². The van der Waals surface area contributed by atoms with Crippen molar-refractivity contribution >= 4 is 28.5 Å². The van der Waals surface area contributed by atoms with Crippen LogP contribution in [0.5, 0.6) is 0 Å². The van der Waals surface area contributed by atoms with Crippen LogP contribution in [0.15, 0.2) is 42.9 Å². The fourth-order valence-electron chi connectivity index (χ4n) is 2.25. The summed E-state index contributed by atoms with van der Waals surface area (Å²) in [6.45, 7) is 0.504. The number of fused-ring (bicyclic) bond motifs is 1. The first-order valence-electron chi connectivity index (χ1n) is 7.10. The van der Waals surface area contributed by atoms with Gasteiger partial charge in [-0.15, -0.1) is 0 Å². The zero-order valence-corrected chi connectivity index (χ0v) is 13.1. The van der Waals surface area contributed by atoms with E-state index in [0.29, 0.717) is 34.8 Å². The Labute approximate surface area is 140 Å². The monoisotopic (exact) mass is 352 g/mol. The molecule has 0 aliphatic carbocycles. The molecule has 0 atom stereocenters. The lowest BCUT2D eigenvalue weighted by atomic mass is 10.1. The second kappa shape index (κ2) is 6.60. The van der Waals surface area contributed by atoms with Crippen molar-refractivity contribution in [1.29, 1.82) is 0 Å². The summed E-state index contributed by atoms with van der Waals surface area (Å²) in [7, 11) is 0. The van der Waals surface area contributed by atoms with Gasteiger partial charge >= 0.3 is 6.18 Å². The predicted molar refractivity (Wildman–Crippen MR) is 86.0 cm³/mol. The van der Waals surface area contributed by atoms with Gasteiger partial charge in [0.25, 0.3) is 0 Å². The van der Waals surface area contributed by atoms with E-state index in [1.807, 2.05) is 0 Å². The summed E-state index contributed by atoms with van der Waals surface area (Å²) in [6.07, 6.45) is -0.868. The van der Waals surface area contributed by atoms with E-state index in [1.165, 1.54) is 24.7 Å². The van der Waals surface area contributed by atoms with Crippen molar-refractivity contribution in [2.45, 2.75) is 12.6 Å². The summed E-state index contributed by atoms with van der Waals surface area (Å²) in [5.41, 5.74) is 0.665. The molecule has 0 fully saturated rings. The van der Waals surface area contributed by atoms with Crippen molar-refractivity contribution in [2.75, 3.05) is 11.9 Å². The molecule has 2 heterocycles. The molecular weight excluding hydrogens is 341 g/mol. The number of hydrogen-bond acceptors (Lipinski definition) is 4. The lowest BCUT2D eigenvalue weighted by molar-refractivity contribution is -0.137.